The van der Waals surface area contributed by atoms with E-state index in [-0.39, 0.29) is 0 Å². The zero-order valence-corrected chi connectivity index (χ0v) is 8.27. The third-order valence-electron chi connectivity index (χ3n) is 1.78. The molecule has 0 rings (SSSR count). The third kappa shape index (κ3) is 9.92. The molecule has 0 saturated heterocycles. The third-order valence-corrected chi connectivity index (χ3v) is 1.78. The highest BCUT2D eigenvalue weighted by molar-refractivity contribution is 4.42. The van der Waals surface area contributed by atoms with Gasteiger partial charge >= 0.3 is 0 Å². The summed E-state index contributed by atoms with van der Waals surface area (Å²) >= 11 is 0. The summed E-state index contributed by atoms with van der Waals surface area (Å²) in [6.07, 6.45) is 5.17. The van der Waals surface area contributed by atoms with Crippen LogP contribution in [-0.4, -0.2) is 38.7 Å². The molecule has 2 nitrogen and oxygen atoms in total. The van der Waals surface area contributed by atoms with Crippen LogP contribution in [0.2, 0.25) is 0 Å². The molecule has 0 bridgehead atoms. The lowest BCUT2D eigenvalue weighted by atomic mass is 10.2. The molecular weight excluding hydrogens is 136 g/mol. The average Bonchev–Trinajstić information content (AvgIpc) is 1.85. The van der Waals surface area contributed by atoms with E-state index < -0.39 is 0 Å². The summed E-state index contributed by atoms with van der Waals surface area (Å²) in [6.45, 7) is 2.13. The van der Waals surface area contributed by atoms with Crippen LogP contribution in [0.5, 0.6) is 0 Å². The predicted octanol–water partition coefficient (Wildman–Crippen LogP) is 1.21. The van der Waals surface area contributed by atoms with Crippen molar-refractivity contribution in [3.8, 4) is 0 Å². The van der Waals surface area contributed by atoms with Gasteiger partial charge < -0.3 is 10.2 Å². The van der Waals surface area contributed by atoms with Gasteiger partial charge in [-0.25, -0.2) is 0 Å². The minimum Gasteiger partial charge on any atom is -0.331 e. The molecule has 2 heteroatoms. The zero-order valence-electron chi connectivity index (χ0n) is 8.27. The number of nitrogens with two attached hydrogens (primary N) is 1. The van der Waals surface area contributed by atoms with Gasteiger partial charge in [-0.1, -0.05) is 6.42 Å². The van der Waals surface area contributed by atoms with Crippen molar-refractivity contribution in [2.24, 2.45) is 5.73 Å². The zero-order chi connectivity index (χ0) is 8.74. The number of unbranched alkanes of at least 4 members (excludes halogenated alkanes) is 3. The standard InChI is InChI=1S/C9H23N2/c1-11(2,3)9-7-5-4-6-8-10/h4-10H2,1-3H3/q+1. The highest BCUT2D eigenvalue weighted by Gasteiger charge is 2.04. The van der Waals surface area contributed by atoms with E-state index in [2.05, 4.69) is 21.1 Å². The highest BCUT2D eigenvalue weighted by atomic mass is 15.3. The molecule has 0 spiro atoms. The molecular formula is C9H23N2+. The second-order valence-electron chi connectivity index (χ2n) is 4.22. The van der Waals surface area contributed by atoms with Crippen molar-refractivity contribution in [2.75, 3.05) is 34.2 Å². The Labute approximate surface area is 71.0 Å². The van der Waals surface area contributed by atoms with Crippen molar-refractivity contribution in [1.82, 2.24) is 0 Å². The Morgan fingerprint density at radius 2 is 1.45 bits per heavy atom. The molecule has 0 aliphatic heterocycles. The summed E-state index contributed by atoms with van der Waals surface area (Å²) in [4.78, 5) is 0. The first-order chi connectivity index (χ1) is 5.06. The van der Waals surface area contributed by atoms with Crippen molar-refractivity contribution in [3.05, 3.63) is 0 Å². The number of hydrogen-bond donors (Lipinski definition) is 1. The van der Waals surface area contributed by atoms with Gasteiger partial charge in [0.25, 0.3) is 0 Å². The van der Waals surface area contributed by atoms with Gasteiger partial charge in [0.1, 0.15) is 0 Å². The molecule has 0 aliphatic rings. The fraction of sp³-hybridized carbons (Fsp3) is 1.00. The lowest BCUT2D eigenvalue weighted by molar-refractivity contribution is -0.870. The SMILES string of the molecule is C[N+](C)(C)CCCCCCN. The predicted molar refractivity (Wildman–Crippen MR) is 50.4 cm³/mol. The van der Waals surface area contributed by atoms with Crippen LogP contribution in [0.15, 0.2) is 0 Å². The smallest absolute Gasteiger partial charge is 0.0780 e. The monoisotopic (exact) mass is 159 g/mol. The van der Waals surface area contributed by atoms with E-state index in [4.69, 9.17) is 5.73 Å². The van der Waals surface area contributed by atoms with Crippen LogP contribution in [-0.2, 0) is 0 Å². The van der Waals surface area contributed by atoms with Crippen molar-refractivity contribution < 1.29 is 4.48 Å². The first kappa shape index (κ1) is 10.9. The Balaban J connectivity index is 3.02. The Morgan fingerprint density at radius 1 is 0.909 bits per heavy atom. The van der Waals surface area contributed by atoms with E-state index >= 15 is 0 Å². The van der Waals surface area contributed by atoms with E-state index in [1.165, 1.54) is 32.2 Å². The average molecular weight is 159 g/mol. The van der Waals surface area contributed by atoms with E-state index in [0.29, 0.717) is 0 Å². The molecule has 0 heterocycles. The highest BCUT2D eigenvalue weighted by Crippen LogP contribution is 2.01. The molecule has 68 valence electrons. The molecule has 0 amide bonds. The van der Waals surface area contributed by atoms with Crippen LogP contribution in [0.4, 0.5) is 0 Å². The van der Waals surface area contributed by atoms with Crippen LogP contribution in [0.1, 0.15) is 25.7 Å². The molecule has 0 aromatic carbocycles. The normalized spacial score (nSPS) is 12.0. The number of quaternary nitrogens is 1. The van der Waals surface area contributed by atoms with Crippen molar-refractivity contribution >= 4 is 0 Å². The van der Waals surface area contributed by atoms with E-state index in [0.717, 1.165) is 11.0 Å². The summed E-state index contributed by atoms with van der Waals surface area (Å²) in [7, 11) is 6.72. The molecule has 0 radical (unpaired) electrons. The van der Waals surface area contributed by atoms with Crippen LogP contribution in [0.3, 0.4) is 0 Å². The Hall–Kier alpha value is -0.0800. The Morgan fingerprint density at radius 3 is 1.91 bits per heavy atom. The lowest BCUT2D eigenvalue weighted by Gasteiger charge is -2.23. The van der Waals surface area contributed by atoms with Crippen LogP contribution < -0.4 is 5.73 Å². The Bertz CT molecular complexity index is 84.1. The lowest BCUT2D eigenvalue weighted by Crippen LogP contribution is -2.35. The van der Waals surface area contributed by atoms with E-state index in [1.807, 2.05) is 0 Å². The summed E-state index contributed by atoms with van der Waals surface area (Å²) in [6, 6.07) is 0. The molecule has 0 atom stereocenters. The second-order valence-corrected chi connectivity index (χ2v) is 4.22. The van der Waals surface area contributed by atoms with Gasteiger partial charge in [0.15, 0.2) is 0 Å². The molecule has 0 saturated carbocycles. The van der Waals surface area contributed by atoms with Crippen molar-refractivity contribution in [1.29, 1.82) is 0 Å². The van der Waals surface area contributed by atoms with Gasteiger partial charge in [0.2, 0.25) is 0 Å². The molecule has 11 heavy (non-hydrogen) atoms. The summed E-state index contributed by atoms with van der Waals surface area (Å²) in [5.74, 6) is 0. The molecule has 0 aromatic heterocycles. The van der Waals surface area contributed by atoms with E-state index in [9.17, 15) is 0 Å². The van der Waals surface area contributed by atoms with Gasteiger partial charge in [0.05, 0.1) is 27.7 Å². The maximum Gasteiger partial charge on any atom is 0.0780 e. The fourth-order valence-corrected chi connectivity index (χ4v) is 1.08. The number of hydrogen-bond acceptors (Lipinski definition) is 1. The maximum absolute atomic E-state index is 5.39. The van der Waals surface area contributed by atoms with Gasteiger partial charge in [-0.2, -0.15) is 0 Å². The van der Waals surface area contributed by atoms with Crippen LogP contribution >= 0.6 is 0 Å². The molecule has 0 aliphatic carbocycles. The summed E-state index contributed by atoms with van der Waals surface area (Å²) < 4.78 is 1.09. The van der Waals surface area contributed by atoms with Crippen molar-refractivity contribution in [2.45, 2.75) is 25.7 Å². The van der Waals surface area contributed by atoms with Crippen molar-refractivity contribution in [3.63, 3.8) is 0 Å². The first-order valence-corrected chi connectivity index (χ1v) is 4.57. The van der Waals surface area contributed by atoms with Gasteiger partial charge in [-0.05, 0) is 25.8 Å². The first-order valence-electron chi connectivity index (χ1n) is 4.57. The molecule has 0 unspecified atom stereocenters. The quantitative estimate of drug-likeness (QED) is 0.457. The summed E-state index contributed by atoms with van der Waals surface area (Å²) in [5.41, 5.74) is 5.39. The van der Waals surface area contributed by atoms with Gasteiger partial charge in [-0.15, -0.1) is 0 Å². The van der Waals surface area contributed by atoms with Gasteiger partial charge in [-0.3, -0.25) is 0 Å². The summed E-state index contributed by atoms with van der Waals surface area (Å²) in [5, 5.41) is 0. The maximum atomic E-state index is 5.39. The van der Waals surface area contributed by atoms with Gasteiger partial charge in [0, 0.05) is 0 Å². The minimum atomic E-state index is 0.852. The molecule has 0 fully saturated rings. The number of nitrogens with zero attached hydrogens (tertiary/aromatic N) is 1. The van der Waals surface area contributed by atoms with E-state index in [1.54, 1.807) is 0 Å². The fourth-order valence-electron chi connectivity index (χ4n) is 1.08. The van der Waals surface area contributed by atoms with Crippen LogP contribution in [0.25, 0.3) is 0 Å². The number of rotatable bonds is 6. The Kier molecular flexibility index (Phi) is 5.51. The molecule has 0 aromatic rings. The molecule has 2 N–H and O–H groups in total. The largest absolute Gasteiger partial charge is 0.331 e. The second kappa shape index (κ2) is 5.56. The topological polar surface area (TPSA) is 26.0 Å². The van der Waals surface area contributed by atoms with Crippen LogP contribution in [0, 0.1) is 0 Å². The minimum absolute atomic E-state index is 0.852.